The third-order valence-electron chi connectivity index (χ3n) is 2.56. The monoisotopic (exact) mass is 247 g/mol. The Morgan fingerprint density at radius 3 is 2.59 bits per heavy atom. The summed E-state index contributed by atoms with van der Waals surface area (Å²) in [6.45, 7) is 2.49. The van der Waals surface area contributed by atoms with Gasteiger partial charge in [0.1, 0.15) is 5.82 Å². The summed E-state index contributed by atoms with van der Waals surface area (Å²) in [5.74, 6) is -0.191. The molecule has 1 nitrogen and oxygen atoms in total. The van der Waals surface area contributed by atoms with Gasteiger partial charge in [0.25, 0.3) is 0 Å². The van der Waals surface area contributed by atoms with Gasteiger partial charge in [-0.3, -0.25) is 0 Å². The van der Waals surface area contributed by atoms with Crippen LogP contribution in [0.15, 0.2) is 52.3 Å². The van der Waals surface area contributed by atoms with Crippen LogP contribution in [0.1, 0.15) is 11.1 Å². The van der Waals surface area contributed by atoms with E-state index < -0.39 is 0 Å². The predicted octanol–water partition coefficient (Wildman–Crippen LogP) is 3.74. The van der Waals surface area contributed by atoms with Gasteiger partial charge in [-0.05, 0) is 30.2 Å². The average Bonchev–Trinajstić information content (AvgIpc) is 2.34. The SMILES string of the molecule is Cc1cccc(CN)c1Sc1ccccc1F. The second-order valence-corrected chi connectivity index (χ2v) is 4.85. The molecule has 0 aromatic heterocycles. The average molecular weight is 247 g/mol. The summed E-state index contributed by atoms with van der Waals surface area (Å²) >= 11 is 1.44. The number of hydrogen-bond donors (Lipinski definition) is 1. The molecule has 0 atom stereocenters. The van der Waals surface area contributed by atoms with Crippen LogP contribution in [0.25, 0.3) is 0 Å². The molecule has 0 saturated carbocycles. The predicted molar refractivity (Wildman–Crippen MR) is 69.6 cm³/mol. The highest BCUT2D eigenvalue weighted by molar-refractivity contribution is 7.99. The first-order chi connectivity index (χ1) is 8.22. The highest BCUT2D eigenvalue weighted by Crippen LogP contribution is 2.34. The third kappa shape index (κ3) is 2.68. The molecule has 2 aromatic rings. The van der Waals surface area contributed by atoms with Gasteiger partial charge < -0.3 is 5.73 Å². The van der Waals surface area contributed by atoms with Gasteiger partial charge in [0.05, 0.1) is 0 Å². The summed E-state index contributed by atoms with van der Waals surface area (Å²) in [6.07, 6.45) is 0. The summed E-state index contributed by atoms with van der Waals surface area (Å²) in [6, 6.07) is 12.8. The molecule has 0 aliphatic rings. The zero-order valence-electron chi connectivity index (χ0n) is 9.61. The summed E-state index contributed by atoms with van der Waals surface area (Å²) in [5, 5.41) is 0. The standard InChI is InChI=1S/C14H14FNS/c1-10-5-4-6-11(9-16)14(10)17-13-8-3-2-7-12(13)15/h2-8H,9,16H2,1H3. The first-order valence-electron chi connectivity index (χ1n) is 5.43. The Balaban J connectivity index is 2.39. The fourth-order valence-electron chi connectivity index (χ4n) is 1.66. The van der Waals surface area contributed by atoms with Gasteiger partial charge in [0.15, 0.2) is 0 Å². The minimum atomic E-state index is -0.191. The Kier molecular flexibility index (Phi) is 3.82. The van der Waals surface area contributed by atoms with Gasteiger partial charge in [-0.15, -0.1) is 0 Å². The molecular weight excluding hydrogens is 233 g/mol. The molecular formula is C14H14FNS. The zero-order valence-corrected chi connectivity index (χ0v) is 10.4. The van der Waals surface area contributed by atoms with Crippen LogP contribution in [0.5, 0.6) is 0 Å². The lowest BCUT2D eigenvalue weighted by atomic mass is 10.1. The molecule has 17 heavy (non-hydrogen) atoms. The molecule has 88 valence electrons. The largest absolute Gasteiger partial charge is 0.326 e. The molecule has 3 heteroatoms. The Morgan fingerprint density at radius 1 is 1.12 bits per heavy atom. The molecule has 0 saturated heterocycles. The first-order valence-corrected chi connectivity index (χ1v) is 6.25. The van der Waals surface area contributed by atoms with E-state index in [4.69, 9.17) is 5.73 Å². The summed E-state index contributed by atoms with van der Waals surface area (Å²) < 4.78 is 13.6. The molecule has 0 amide bonds. The second kappa shape index (κ2) is 5.34. The maximum absolute atomic E-state index is 13.6. The highest BCUT2D eigenvalue weighted by Gasteiger charge is 2.09. The molecule has 2 N–H and O–H groups in total. The Bertz CT molecular complexity index is 525. The smallest absolute Gasteiger partial charge is 0.137 e. The van der Waals surface area contributed by atoms with Crippen molar-refractivity contribution in [3.8, 4) is 0 Å². The molecule has 2 rings (SSSR count). The maximum atomic E-state index is 13.6. The lowest BCUT2D eigenvalue weighted by molar-refractivity contribution is 0.602. The van der Waals surface area contributed by atoms with Crippen molar-refractivity contribution in [2.75, 3.05) is 0 Å². The van der Waals surface area contributed by atoms with Crippen molar-refractivity contribution < 1.29 is 4.39 Å². The zero-order chi connectivity index (χ0) is 12.3. The van der Waals surface area contributed by atoms with Crippen LogP contribution < -0.4 is 5.73 Å². The van der Waals surface area contributed by atoms with E-state index in [1.807, 2.05) is 31.2 Å². The Labute approximate surface area is 105 Å². The maximum Gasteiger partial charge on any atom is 0.137 e. The van der Waals surface area contributed by atoms with E-state index >= 15 is 0 Å². The van der Waals surface area contributed by atoms with E-state index in [0.717, 1.165) is 16.0 Å². The van der Waals surface area contributed by atoms with E-state index in [2.05, 4.69) is 0 Å². The molecule has 0 aliphatic heterocycles. The molecule has 2 aromatic carbocycles. The molecule has 0 unspecified atom stereocenters. The van der Waals surface area contributed by atoms with Gasteiger partial charge in [0, 0.05) is 16.3 Å². The van der Waals surface area contributed by atoms with E-state index in [1.54, 1.807) is 12.1 Å². The van der Waals surface area contributed by atoms with Gasteiger partial charge >= 0.3 is 0 Å². The van der Waals surface area contributed by atoms with Crippen molar-refractivity contribution in [3.63, 3.8) is 0 Å². The summed E-state index contributed by atoms with van der Waals surface area (Å²) in [7, 11) is 0. The second-order valence-electron chi connectivity index (χ2n) is 3.80. The Hall–Kier alpha value is -1.32. The van der Waals surface area contributed by atoms with Crippen molar-refractivity contribution >= 4 is 11.8 Å². The first kappa shape index (κ1) is 12.1. The third-order valence-corrected chi connectivity index (χ3v) is 3.90. The van der Waals surface area contributed by atoms with Crippen molar-refractivity contribution in [1.29, 1.82) is 0 Å². The van der Waals surface area contributed by atoms with Gasteiger partial charge in [-0.1, -0.05) is 42.1 Å². The summed E-state index contributed by atoms with van der Waals surface area (Å²) in [5.41, 5.74) is 7.88. The Morgan fingerprint density at radius 2 is 1.88 bits per heavy atom. The summed E-state index contributed by atoms with van der Waals surface area (Å²) in [4.78, 5) is 1.69. The van der Waals surface area contributed by atoms with Crippen LogP contribution in [-0.4, -0.2) is 0 Å². The number of halogens is 1. The fraction of sp³-hybridized carbons (Fsp3) is 0.143. The van der Waals surface area contributed by atoms with Crippen molar-refractivity contribution in [2.45, 2.75) is 23.3 Å². The van der Waals surface area contributed by atoms with E-state index in [-0.39, 0.29) is 5.82 Å². The van der Waals surface area contributed by atoms with Gasteiger partial charge in [-0.2, -0.15) is 0 Å². The molecule has 0 heterocycles. The minimum Gasteiger partial charge on any atom is -0.326 e. The molecule has 0 aliphatic carbocycles. The van der Waals surface area contributed by atoms with Crippen LogP contribution >= 0.6 is 11.8 Å². The van der Waals surface area contributed by atoms with Crippen LogP contribution in [0.4, 0.5) is 4.39 Å². The number of nitrogens with two attached hydrogens (primary N) is 1. The minimum absolute atomic E-state index is 0.191. The topological polar surface area (TPSA) is 26.0 Å². The lowest BCUT2D eigenvalue weighted by Crippen LogP contribution is -1.99. The fourth-order valence-corrected chi connectivity index (χ4v) is 2.70. The lowest BCUT2D eigenvalue weighted by Gasteiger charge is -2.11. The van der Waals surface area contributed by atoms with Crippen molar-refractivity contribution in [3.05, 3.63) is 59.4 Å². The van der Waals surface area contributed by atoms with E-state index in [1.165, 1.54) is 17.8 Å². The van der Waals surface area contributed by atoms with Crippen LogP contribution in [0, 0.1) is 12.7 Å². The van der Waals surface area contributed by atoms with E-state index in [9.17, 15) is 4.39 Å². The molecule has 0 radical (unpaired) electrons. The van der Waals surface area contributed by atoms with Gasteiger partial charge in [0.2, 0.25) is 0 Å². The van der Waals surface area contributed by atoms with Crippen LogP contribution in [-0.2, 0) is 6.54 Å². The molecule has 0 bridgehead atoms. The van der Waals surface area contributed by atoms with Crippen LogP contribution in [0.2, 0.25) is 0 Å². The van der Waals surface area contributed by atoms with Gasteiger partial charge in [-0.25, -0.2) is 4.39 Å². The number of aryl methyl sites for hydroxylation is 1. The quantitative estimate of drug-likeness (QED) is 0.894. The number of rotatable bonds is 3. The number of benzene rings is 2. The van der Waals surface area contributed by atoms with E-state index in [0.29, 0.717) is 11.4 Å². The molecule has 0 fully saturated rings. The van der Waals surface area contributed by atoms with Crippen molar-refractivity contribution in [1.82, 2.24) is 0 Å². The number of hydrogen-bond acceptors (Lipinski definition) is 2. The normalized spacial score (nSPS) is 10.5. The van der Waals surface area contributed by atoms with Crippen molar-refractivity contribution in [2.24, 2.45) is 5.73 Å². The van der Waals surface area contributed by atoms with Crippen LogP contribution in [0.3, 0.4) is 0 Å². The highest BCUT2D eigenvalue weighted by atomic mass is 32.2. The molecule has 0 spiro atoms.